The van der Waals surface area contributed by atoms with Gasteiger partial charge in [0.05, 0.1) is 50.2 Å². The maximum absolute atomic E-state index is 4.97. The van der Waals surface area contributed by atoms with Crippen molar-refractivity contribution in [2.75, 3.05) is 0 Å². The lowest BCUT2D eigenvalue weighted by Crippen LogP contribution is -2.00. The molecule has 0 aliphatic rings. The van der Waals surface area contributed by atoms with Crippen LogP contribution in [0.2, 0.25) is 0 Å². The summed E-state index contributed by atoms with van der Waals surface area (Å²) in [5.41, 5.74) is 27.6. The second-order valence-electron chi connectivity index (χ2n) is 22.4. The largest absolute Gasteiger partial charge is 0.295 e. The topological polar surface area (TPSA) is 73.3 Å². The highest BCUT2D eigenvalue weighted by molar-refractivity contribution is 6.12. The Morgan fingerprint density at radius 2 is 0.762 bits per heavy atom. The molecule has 7 nitrogen and oxygen atoms in total. The Balaban J connectivity index is 0.825. The molecule has 0 fully saturated rings. The quantitative estimate of drug-likeness (QED) is 0.114. The molecule has 15 rings (SSSR count). The Bertz CT molecular complexity index is 4850. The van der Waals surface area contributed by atoms with Crippen molar-refractivity contribution in [2.24, 2.45) is 0 Å². The molecule has 0 saturated carbocycles. The zero-order chi connectivity index (χ0) is 56.4. The van der Waals surface area contributed by atoms with Gasteiger partial charge in [0.15, 0.2) is 0 Å². The third-order valence-electron chi connectivity index (χ3n) is 17.2. The van der Waals surface area contributed by atoms with E-state index in [1.807, 2.05) is 36.8 Å². The fraction of sp³-hybridized carbons (Fsp3) is 0.104. The number of hydrogen-bond donors (Lipinski definition) is 0. The van der Waals surface area contributed by atoms with Gasteiger partial charge < -0.3 is 0 Å². The molecule has 0 aliphatic heterocycles. The van der Waals surface area contributed by atoms with E-state index in [4.69, 9.17) is 24.9 Å². The average molecular weight is 1080 g/mol. The van der Waals surface area contributed by atoms with E-state index in [0.29, 0.717) is 0 Å². The lowest BCUT2D eigenvalue weighted by Gasteiger charge is -2.18. The first-order valence-electron chi connectivity index (χ1n) is 29.1. The van der Waals surface area contributed by atoms with E-state index < -0.39 is 0 Å². The standard InChI is InChI=1S/C77H59N7/c1-48-76-68-18-12-40-79-74(68)66-36-25-52(45-72(66)83(76)50(3)81-48)21-23-54-42-55(24-22-53-26-37-67-73(46-53)84-51(4)82-49(2)77(84)69-19-13-41-80-75(67)69)44-62(43-54)63-16-8-9-17-64(63)65-38-35-61(71-20-10-11-39-78-71)47-70(65)60-33-31-59(32-34-60)58-29-27-57(28-30-58)56-14-6-5-7-15-56/h5-20,25-47H,21-24H2,1-4H3. The Morgan fingerprint density at radius 3 is 1.31 bits per heavy atom. The number of fused-ring (bicyclic) bond motifs is 12. The fourth-order valence-electron chi connectivity index (χ4n) is 13.2. The molecule has 0 radical (unpaired) electrons. The number of hydrogen-bond acceptors (Lipinski definition) is 5. The summed E-state index contributed by atoms with van der Waals surface area (Å²) in [6.07, 6.45) is 9.14. The first-order valence-corrected chi connectivity index (χ1v) is 29.1. The number of pyridine rings is 5. The van der Waals surface area contributed by atoms with Crippen molar-refractivity contribution in [1.29, 1.82) is 0 Å². The van der Waals surface area contributed by atoms with Crippen LogP contribution in [-0.2, 0) is 25.7 Å². The molecule has 0 bridgehead atoms. The average Bonchev–Trinajstić information content (AvgIpc) is 2.30. The van der Waals surface area contributed by atoms with Gasteiger partial charge in [-0.15, -0.1) is 0 Å². The van der Waals surface area contributed by atoms with E-state index in [1.165, 1.54) is 66.8 Å². The van der Waals surface area contributed by atoms with Gasteiger partial charge in [0.2, 0.25) is 0 Å². The summed E-state index contributed by atoms with van der Waals surface area (Å²) in [7, 11) is 0. The van der Waals surface area contributed by atoms with Crippen LogP contribution in [0.25, 0.3) is 122 Å². The summed E-state index contributed by atoms with van der Waals surface area (Å²) in [6.45, 7) is 8.43. The van der Waals surface area contributed by atoms with Gasteiger partial charge in [0.25, 0.3) is 0 Å². The predicted molar refractivity (Wildman–Crippen MR) is 347 cm³/mol. The highest BCUT2D eigenvalue weighted by atomic mass is 15.0. The first-order chi connectivity index (χ1) is 41.3. The SMILES string of the molecule is Cc1nc(C)n2c3cc(CCc4cc(CCc5ccc6c7ncccc7c7c(C)nc(C)n7c6c5)cc(-c5ccccc5-c5ccc(-c6ccccn6)cc5-c5ccc(-c6ccc(-c7ccccc7)cc6)cc5)c4)ccc3c3ncccc3c12. The lowest BCUT2D eigenvalue weighted by molar-refractivity contribution is 0.931. The summed E-state index contributed by atoms with van der Waals surface area (Å²) >= 11 is 0. The van der Waals surface area contributed by atoms with Crippen LogP contribution in [0.5, 0.6) is 0 Å². The molecule has 7 heterocycles. The zero-order valence-electron chi connectivity index (χ0n) is 47.5. The number of benzene rings is 8. The minimum Gasteiger partial charge on any atom is -0.295 e. The normalized spacial score (nSPS) is 11.8. The zero-order valence-corrected chi connectivity index (χ0v) is 47.5. The molecule has 0 atom stereocenters. The lowest BCUT2D eigenvalue weighted by atomic mass is 9.86. The highest BCUT2D eigenvalue weighted by Crippen LogP contribution is 2.42. The maximum atomic E-state index is 4.97. The van der Waals surface area contributed by atoms with Gasteiger partial charge in [-0.1, -0.05) is 164 Å². The molecule has 0 aliphatic carbocycles. The number of rotatable bonds is 12. The molecule has 8 aromatic carbocycles. The van der Waals surface area contributed by atoms with E-state index >= 15 is 0 Å². The van der Waals surface area contributed by atoms with Crippen molar-refractivity contribution in [3.63, 3.8) is 0 Å². The van der Waals surface area contributed by atoms with Gasteiger partial charge in [-0.3, -0.25) is 23.8 Å². The Morgan fingerprint density at radius 1 is 0.298 bits per heavy atom. The highest BCUT2D eigenvalue weighted by Gasteiger charge is 2.20. The van der Waals surface area contributed by atoms with Gasteiger partial charge >= 0.3 is 0 Å². The van der Waals surface area contributed by atoms with Crippen LogP contribution in [0.1, 0.15) is 45.3 Å². The van der Waals surface area contributed by atoms with E-state index in [-0.39, 0.29) is 0 Å². The van der Waals surface area contributed by atoms with Crippen molar-refractivity contribution in [3.05, 3.63) is 282 Å². The number of nitrogens with zero attached hydrogens (tertiary/aromatic N) is 7. The second kappa shape index (κ2) is 20.9. The molecule has 84 heavy (non-hydrogen) atoms. The first kappa shape index (κ1) is 50.6. The molecule has 7 heteroatoms. The van der Waals surface area contributed by atoms with Crippen LogP contribution in [0, 0.1) is 27.7 Å². The van der Waals surface area contributed by atoms with Crippen LogP contribution in [-0.4, -0.2) is 33.7 Å². The molecule has 0 unspecified atom stereocenters. The molecule has 0 saturated heterocycles. The van der Waals surface area contributed by atoms with Crippen LogP contribution in [0.3, 0.4) is 0 Å². The number of imidazole rings is 2. The Labute approximate surface area is 488 Å². The number of aromatic nitrogens is 7. The van der Waals surface area contributed by atoms with Crippen molar-refractivity contribution >= 4 is 54.6 Å². The third-order valence-corrected chi connectivity index (χ3v) is 17.2. The van der Waals surface area contributed by atoms with Gasteiger partial charge in [-0.2, -0.15) is 0 Å². The smallest absolute Gasteiger partial charge is 0.110 e. The van der Waals surface area contributed by atoms with E-state index in [0.717, 1.165) is 126 Å². The van der Waals surface area contributed by atoms with Crippen molar-refractivity contribution in [3.8, 4) is 66.9 Å². The second-order valence-corrected chi connectivity index (χ2v) is 22.4. The Kier molecular flexibility index (Phi) is 12.6. The van der Waals surface area contributed by atoms with E-state index in [2.05, 4.69) is 237 Å². The molecule has 402 valence electrons. The summed E-state index contributed by atoms with van der Waals surface area (Å²) in [5.74, 6) is 1.97. The van der Waals surface area contributed by atoms with Crippen molar-refractivity contribution in [1.82, 2.24) is 33.7 Å². The molecule has 15 aromatic rings. The molecular weight excluding hydrogens is 1020 g/mol. The molecule has 7 aromatic heterocycles. The van der Waals surface area contributed by atoms with E-state index in [1.54, 1.807) is 0 Å². The fourth-order valence-corrected chi connectivity index (χ4v) is 13.2. The van der Waals surface area contributed by atoms with Gasteiger partial charge in [0.1, 0.15) is 11.6 Å². The minimum atomic E-state index is 0.865. The third kappa shape index (κ3) is 8.97. The number of aryl methyl sites for hydroxylation is 8. The summed E-state index contributed by atoms with van der Waals surface area (Å²) in [6, 6.07) is 80.1. The maximum Gasteiger partial charge on any atom is 0.110 e. The summed E-state index contributed by atoms with van der Waals surface area (Å²) in [5, 5.41) is 4.53. The van der Waals surface area contributed by atoms with Gasteiger partial charge in [-0.25, -0.2) is 9.97 Å². The van der Waals surface area contributed by atoms with Crippen LogP contribution in [0.15, 0.2) is 237 Å². The van der Waals surface area contributed by atoms with E-state index in [9.17, 15) is 0 Å². The molecule has 0 amide bonds. The van der Waals surface area contributed by atoms with Crippen molar-refractivity contribution in [2.45, 2.75) is 53.4 Å². The van der Waals surface area contributed by atoms with Gasteiger partial charge in [-0.05, 0) is 186 Å². The minimum absolute atomic E-state index is 0.865. The Hall–Kier alpha value is -10.4. The summed E-state index contributed by atoms with van der Waals surface area (Å²) < 4.78 is 4.66. The summed E-state index contributed by atoms with van der Waals surface area (Å²) in [4.78, 5) is 24.6. The van der Waals surface area contributed by atoms with Crippen LogP contribution >= 0.6 is 0 Å². The van der Waals surface area contributed by atoms with Crippen molar-refractivity contribution < 1.29 is 0 Å². The molecule has 0 spiro atoms. The molecular formula is C77H59N7. The van der Waals surface area contributed by atoms with Gasteiger partial charge in [0, 0.05) is 45.7 Å². The van der Waals surface area contributed by atoms with Crippen LogP contribution in [0.4, 0.5) is 0 Å². The predicted octanol–water partition coefficient (Wildman–Crippen LogP) is 18.6. The molecule has 0 N–H and O–H groups in total. The monoisotopic (exact) mass is 1080 g/mol. The van der Waals surface area contributed by atoms with Crippen LogP contribution < -0.4 is 0 Å².